The molecular formula is C11H19N3O2S. The van der Waals surface area contributed by atoms with Gasteiger partial charge < -0.3 is 15.0 Å². The molecule has 0 unspecified atom stereocenters. The molecule has 1 heterocycles. The molecule has 6 heteroatoms. The summed E-state index contributed by atoms with van der Waals surface area (Å²) in [6.45, 7) is 2.30. The minimum atomic E-state index is -0.913. The highest BCUT2D eigenvalue weighted by atomic mass is 32.2. The maximum atomic E-state index is 11.8. The van der Waals surface area contributed by atoms with Gasteiger partial charge >= 0.3 is 0 Å². The number of hydrogen-bond acceptors (Lipinski definition) is 4. The number of nitrogens with zero attached hydrogens (tertiary/aromatic N) is 2. The first-order valence-electron chi connectivity index (χ1n) is 5.47. The Morgan fingerprint density at radius 1 is 1.71 bits per heavy atom. The summed E-state index contributed by atoms with van der Waals surface area (Å²) in [4.78, 5) is 20.5. The van der Waals surface area contributed by atoms with Gasteiger partial charge in [0.2, 0.25) is 0 Å². The van der Waals surface area contributed by atoms with Gasteiger partial charge in [0.15, 0.2) is 0 Å². The third-order valence-corrected chi connectivity index (χ3v) is 3.04. The largest absolute Gasteiger partial charge is 0.383 e. The van der Waals surface area contributed by atoms with Crippen LogP contribution in [0.2, 0.25) is 0 Å². The van der Waals surface area contributed by atoms with Crippen molar-refractivity contribution >= 4 is 17.7 Å². The van der Waals surface area contributed by atoms with Crippen LogP contribution in [0.5, 0.6) is 0 Å². The van der Waals surface area contributed by atoms with Crippen molar-refractivity contribution in [2.24, 2.45) is 0 Å². The first kappa shape index (κ1) is 14.1. The van der Waals surface area contributed by atoms with Crippen LogP contribution in [-0.2, 0) is 11.3 Å². The van der Waals surface area contributed by atoms with Crippen LogP contribution >= 0.6 is 11.8 Å². The lowest BCUT2D eigenvalue weighted by Crippen LogP contribution is -2.36. The lowest BCUT2D eigenvalue weighted by atomic mass is 10.2. The molecular weight excluding hydrogens is 238 g/mol. The normalized spacial score (nSPS) is 12.5. The summed E-state index contributed by atoms with van der Waals surface area (Å²) in [7, 11) is 1.67. The van der Waals surface area contributed by atoms with Crippen LogP contribution in [0.3, 0.4) is 0 Å². The van der Waals surface area contributed by atoms with E-state index in [1.165, 1.54) is 4.90 Å². The summed E-state index contributed by atoms with van der Waals surface area (Å²) in [6, 6.07) is 0. The maximum Gasteiger partial charge on any atom is 0.251 e. The number of aryl methyl sites for hydroxylation is 1. The number of likely N-dealkylation sites (N-methyl/N-ethyl adjacent to an activating group) is 1. The van der Waals surface area contributed by atoms with Crippen LogP contribution in [0.4, 0.5) is 0 Å². The van der Waals surface area contributed by atoms with Crippen molar-refractivity contribution in [3.63, 3.8) is 0 Å². The number of H-pyrrole nitrogens is 1. The number of rotatable bonds is 6. The van der Waals surface area contributed by atoms with E-state index in [1.807, 2.05) is 13.2 Å². The lowest BCUT2D eigenvalue weighted by molar-refractivity contribution is -0.139. The zero-order valence-electron chi connectivity index (χ0n) is 10.4. The predicted molar refractivity (Wildman–Crippen MR) is 68.8 cm³/mol. The second kappa shape index (κ2) is 6.66. The fourth-order valence-corrected chi connectivity index (χ4v) is 1.92. The molecule has 1 rings (SSSR count). The Morgan fingerprint density at radius 3 is 2.94 bits per heavy atom. The van der Waals surface area contributed by atoms with Gasteiger partial charge in [0.1, 0.15) is 11.9 Å². The van der Waals surface area contributed by atoms with Crippen molar-refractivity contribution in [1.29, 1.82) is 0 Å². The van der Waals surface area contributed by atoms with Gasteiger partial charge in [-0.15, -0.1) is 0 Å². The summed E-state index contributed by atoms with van der Waals surface area (Å²) >= 11 is 1.62. The van der Waals surface area contributed by atoms with Crippen LogP contribution < -0.4 is 0 Å². The van der Waals surface area contributed by atoms with Crippen LogP contribution in [0.15, 0.2) is 6.20 Å². The first-order chi connectivity index (χ1) is 8.04. The summed E-state index contributed by atoms with van der Waals surface area (Å²) in [5.41, 5.74) is 0.962. The fraction of sp³-hybridized carbons (Fsp3) is 0.636. The van der Waals surface area contributed by atoms with Gasteiger partial charge in [-0.3, -0.25) is 4.79 Å². The van der Waals surface area contributed by atoms with Crippen molar-refractivity contribution in [3.05, 3.63) is 17.7 Å². The quantitative estimate of drug-likeness (QED) is 0.790. The minimum Gasteiger partial charge on any atom is -0.383 e. The lowest BCUT2D eigenvalue weighted by Gasteiger charge is -2.19. The number of nitrogens with one attached hydrogen (secondary N) is 1. The van der Waals surface area contributed by atoms with E-state index >= 15 is 0 Å². The number of aliphatic hydroxyl groups is 1. The van der Waals surface area contributed by atoms with Crippen LogP contribution in [0.1, 0.15) is 17.9 Å². The third-order valence-electron chi connectivity index (χ3n) is 2.40. The molecule has 0 saturated carbocycles. The highest BCUT2D eigenvalue weighted by molar-refractivity contribution is 7.98. The Bertz CT molecular complexity index is 367. The zero-order chi connectivity index (χ0) is 12.8. The number of amides is 1. The zero-order valence-corrected chi connectivity index (χ0v) is 11.3. The van der Waals surface area contributed by atoms with Crippen molar-refractivity contribution < 1.29 is 9.90 Å². The smallest absolute Gasteiger partial charge is 0.251 e. The molecule has 2 N–H and O–H groups in total. The van der Waals surface area contributed by atoms with E-state index in [1.54, 1.807) is 25.0 Å². The molecule has 96 valence electrons. The van der Waals surface area contributed by atoms with Gasteiger partial charge in [-0.25, -0.2) is 4.98 Å². The molecule has 17 heavy (non-hydrogen) atoms. The molecule has 0 aliphatic rings. The molecule has 0 fully saturated rings. The maximum absolute atomic E-state index is 11.8. The van der Waals surface area contributed by atoms with E-state index in [0.717, 1.165) is 17.3 Å². The molecule has 1 aromatic rings. The number of aromatic amines is 1. The molecule has 0 spiro atoms. The Balaban J connectivity index is 2.46. The Morgan fingerprint density at radius 2 is 2.41 bits per heavy atom. The summed E-state index contributed by atoms with van der Waals surface area (Å²) in [5.74, 6) is 1.25. The van der Waals surface area contributed by atoms with Gasteiger partial charge in [0.25, 0.3) is 5.91 Å². The molecule has 0 aromatic carbocycles. The second-order valence-corrected chi connectivity index (χ2v) is 4.99. The van der Waals surface area contributed by atoms with Gasteiger partial charge in [-0.2, -0.15) is 11.8 Å². The summed E-state index contributed by atoms with van der Waals surface area (Å²) in [6.07, 6.45) is 3.25. The number of thioether (sulfide) groups is 1. The van der Waals surface area contributed by atoms with Crippen molar-refractivity contribution in [3.8, 4) is 0 Å². The van der Waals surface area contributed by atoms with Gasteiger partial charge in [0.05, 0.1) is 6.54 Å². The average molecular weight is 257 g/mol. The van der Waals surface area contributed by atoms with E-state index in [0.29, 0.717) is 13.0 Å². The van der Waals surface area contributed by atoms with E-state index in [-0.39, 0.29) is 5.91 Å². The monoisotopic (exact) mass is 257 g/mol. The van der Waals surface area contributed by atoms with E-state index in [4.69, 9.17) is 0 Å². The topological polar surface area (TPSA) is 69.2 Å². The first-order valence-corrected chi connectivity index (χ1v) is 6.86. The number of hydrogen-bond donors (Lipinski definition) is 2. The SMILES string of the molecule is CSCC[C@H](O)C(=O)N(C)Cc1ncc(C)[nH]1. The minimum absolute atomic E-state index is 0.256. The average Bonchev–Trinajstić information content (AvgIpc) is 2.70. The van der Waals surface area contributed by atoms with Crippen molar-refractivity contribution in [2.45, 2.75) is 26.0 Å². The van der Waals surface area contributed by atoms with Gasteiger partial charge in [-0.05, 0) is 25.4 Å². The molecule has 0 bridgehead atoms. The molecule has 0 aliphatic carbocycles. The molecule has 1 aromatic heterocycles. The molecule has 0 saturated heterocycles. The highest BCUT2D eigenvalue weighted by Gasteiger charge is 2.19. The summed E-state index contributed by atoms with van der Waals surface area (Å²) in [5, 5.41) is 9.67. The highest BCUT2D eigenvalue weighted by Crippen LogP contribution is 2.06. The predicted octanol–water partition coefficient (Wildman–Crippen LogP) is 0.791. The molecule has 1 amide bonds. The number of imidazole rings is 1. The van der Waals surface area contributed by atoms with Crippen LogP contribution in [-0.4, -0.2) is 51.0 Å². The van der Waals surface area contributed by atoms with E-state index < -0.39 is 6.10 Å². The molecule has 0 aliphatic heterocycles. The number of carbonyl (C=O) groups excluding carboxylic acids is 1. The van der Waals surface area contributed by atoms with Crippen LogP contribution in [0.25, 0.3) is 0 Å². The standard InChI is InChI=1S/C11H19N3O2S/c1-8-6-12-10(13-8)7-14(2)11(16)9(15)4-5-17-3/h6,9,15H,4-5,7H2,1-3H3,(H,12,13)/t9-/m0/s1. The van der Waals surface area contributed by atoms with Crippen molar-refractivity contribution in [1.82, 2.24) is 14.9 Å². The Kier molecular flexibility index (Phi) is 5.50. The third kappa shape index (κ3) is 4.40. The molecule has 5 nitrogen and oxygen atoms in total. The Labute approximate surface area is 106 Å². The number of aliphatic hydroxyl groups excluding tert-OH is 1. The molecule has 1 atom stereocenters. The number of aromatic nitrogens is 2. The summed E-state index contributed by atoms with van der Waals surface area (Å²) < 4.78 is 0. The second-order valence-electron chi connectivity index (χ2n) is 4.00. The van der Waals surface area contributed by atoms with E-state index in [9.17, 15) is 9.90 Å². The molecule has 0 radical (unpaired) electrons. The van der Waals surface area contributed by atoms with Gasteiger partial charge in [-0.1, -0.05) is 0 Å². The van der Waals surface area contributed by atoms with Crippen molar-refractivity contribution in [2.75, 3.05) is 19.1 Å². The van der Waals surface area contributed by atoms with Gasteiger partial charge in [0, 0.05) is 18.9 Å². The van der Waals surface area contributed by atoms with Crippen LogP contribution in [0, 0.1) is 6.92 Å². The Hall–Kier alpha value is -1.01. The number of carbonyl (C=O) groups is 1. The fourth-order valence-electron chi connectivity index (χ4n) is 1.46. The van der Waals surface area contributed by atoms with E-state index in [2.05, 4.69) is 9.97 Å².